The molecule has 0 spiro atoms. The van der Waals surface area contributed by atoms with Crippen LogP contribution in [0.2, 0.25) is 0 Å². The summed E-state index contributed by atoms with van der Waals surface area (Å²) in [4.78, 5) is 32.2. The van der Waals surface area contributed by atoms with Gasteiger partial charge in [0, 0.05) is 45.0 Å². The van der Waals surface area contributed by atoms with Gasteiger partial charge in [-0.15, -0.1) is 0 Å². The number of rotatable bonds is 4. The third-order valence-corrected chi connectivity index (χ3v) is 5.80. The molecule has 1 aliphatic rings. The molecule has 1 aliphatic heterocycles. The van der Waals surface area contributed by atoms with Crippen LogP contribution < -0.4 is 10.5 Å². The molecular weight excluding hydrogens is 400 g/mol. The SMILES string of the molecule is CN(Cc1ccc(N2CCOCC2)cc1)C(=O)c1ccc2c(=O)n(C)c(=S)[nH]c2c1. The Kier molecular flexibility index (Phi) is 5.69. The summed E-state index contributed by atoms with van der Waals surface area (Å²) in [5.41, 5.74) is 3.12. The molecule has 1 fully saturated rings. The number of benzene rings is 2. The van der Waals surface area contributed by atoms with Gasteiger partial charge in [-0.3, -0.25) is 14.2 Å². The Morgan fingerprint density at radius 2 is 1.87 bits per heavy atom. The molecule has 1 N–H and O–H groups in total. The number of nitrogens with zero attached hydrogens (tertiary/aromatic N) is 3. The van der Waals surface area contributed by atoms with Gasteiger partial charge in [-0.1, -0.05) is 12.1 Å². The average Bonchev–Trinajstić information content (AvgIpc) is 2.77. The molecule has 0 aliphatic carbocycles. The van der Waals surface area contributed by atoms with Crippen LogP contribution in [-0.2, 0) is 18.3 Å². The largest absolute Gasteiger partial charge is 0.378 e. The monoisotopic (exact) mass is 424 g/mol. The van der Waals surface area contributed by atoms with Crippen LogP contribution in [0.25, 0.3) is 10.9 Å². The van der Waals surface area contributed by atoms with Crippen molar-refractivity contribution in [2.75, 3.05) is 38.3 Å². The van der Waals surface area contributed by atoms with Gasteiger partial charge in [-0.25, -0.2) is 0 Å². The number of nitrogens with one attached hydrogen (secondary N) is 1. The van der Waals surface area contributed by atoms with Crippen LogP contribution in [-0.4, -0.2) is 53.7 Å². The van der Waals surface area contributed by atoms with Gasteiger partial charge in [0.2, 0.25) is 0 Å². The van der Waals surface area contributed by atoms with Crippen molar-refractivity contribution in [3.63, 3.8) is 0 Å². The maximum atomic E-state index is 12.9. The highest BCUT2D eigenvalue weighted by Crippen LogP contribution is 2.18. The lowest BCUT2D eigenvalue weighted by Gasteiger charge is -2.29. The Labute approximate surface area is 179 Å². The molecule has 1 amide bonds. The van der Waals surface area contributed by atoms with E-state index in [9.17, 15) is 9.59 Å². The van der Waals surface area contributed by atoms with E-state index in [4.69, 9.17) is 17.0 Å². The van der Waals surface area contributed by atoms with Crippen molar-refractivity contribution >= 4 is 34.7 Å². The number of hydrogen-bond acceptors (Lipinski definition) is 5. The highest BCUT2D eigenvalue weighted by Gasteiger charge is 2.15. The van der Waals surface area contributed by atoms with Crippen LogP contribution in [0.5, 0.6) is 0 Å². The van der Waals surface area contributed by atoms with Crippen LogP contribution in [0.3, 0.4) is 0 Å². The zero-order valence-electron chi connectivity index (χ0n) is 17.1. The van der Waals surface area contributed by atoms with Crippen molar-refractivity contribution in [2.24, 2.45) is 7.05 Å². The quantitative estimate of drug-likeness (QED) is 0.652. The van der Waals surface area contributed by atoms with Gasteiger partial charge in [0.1, 0.15) is 0 Å². The van der Waals surface area contributed by atoms with Crippen LogP contribution in [0.1, 0.15) is 15.9 Å². The second-order valence-corrected chi connectivity index (χ2v) is 7.87. The maximum Gasteiger partial charge on any atom is 0.261 e. The van der Waals surface area contributed by atoms with Crippen LogP contribution in [0, 0.1) is 4.77 Å². The van der Waals surface area contributed by atoms with Crippen molar-refractivity contribution < 1.29 is 9.53 Å². The van der Waals surface area contributed by atoms with Gasteiger partial charge in [-0.2, -0.15) is 0 Å². The zero-order chi connectivity index (χ0) is 21.3. The summed E-state index contributed by atoms with van der Waals surface area (Å²) in [6, 6.07) is 13.3. The Morgan fingerprint density at radius 1 is 1.17 bits per heavy atom. The fourth-order valence-electron chi connectivity index (χ4n) is 3.64. The van der Waals surface area contributed by atoms with E-state index in [1.807, 2.05) is 0 Å². The first kappa shape index (κ1) is 20.3. The second-order valence-electron chi connectivity index (χ2n) is 7.48. The van der Waals surface area contributed by atoms with Crippen LogP contribution in [0.4, 0.5) is 5.69 Å². The molecule has 0 atom stereocenters. The Hall–Kier alpha value is -2.97. The topological polar surface area (TPSA) is 70.6 Å². The Balaban J connectivity index is 1.50. The van der Waals surface area contributed by atoms with Gasteiger partial charge >= 0.3 is 0 Å². The lowest BCUT2D eigenvalue weighted by atomic mass is 10.1. The minimum absolute atomic E-state index is 0.117. The van der Waals surface area contributed by atoms with E-state index < -0.39 is 0 Å². The number of anilines is 1. The number of carbonyl (C=O) groups excluding carboxylic acids is 1. The first-order chi connectivity index (χ1) is 14.4. The van der Waals surface area contributed by atoms with Crippen molar-refractivity contribution in [1.29, 1.82) is 0 Å². The van der Waals surface area contributed by atoms with E-state index >= 15 is 0 Å². The minimum Gasteiger partial charge on any atom is -0.378 e. The van der Waals surface area contributed by atoms with E-state index in [-0.39, 0.29) is 11.5 Å². The first-order valence-electron chi connectivity index (χ1n) is 9.84. The molecule has 2 aromatic carbocycles. The van der Waals surface area contributed by atoms with Crippen molar-refractivity contribution in [3.05, 3.63) is 68.7 Å². The molecule has 1 saturated heterocycles. The van der Waals surface area contributed by atoms with Crippen molar-refractivity contribution in [2.45, 2.75) is 6.54 Å². The molecule has 3 aromatic rings. The van der Waals surface area contributed by atoms with E-state index in [0.717, 1.165) is 31.9 Å². The van der Waals surface area contributed by atoms with Crippen molar-refractivity contribution in [3.8, 4) is 0 Å². The molecule has 1 aromatic heterocycles. The molecule has 4 rings (SSSR count). The molecule has 2 heterocycles. The minimum atomic E-state index is -0.179. The molecule has 0 unspecified atom stereocenters. The molecule has 8 heteroatoms. The molecule has 0 bridgehead atoms. The molecule has 156 valence electrons. The van der Waals surface area contributed by atoms with Gasteiger partial charge in [0.25, 0.3) is 11.5 Å². The number of morpholine rings is 1. The Bertz CT molecular complexity index is 1190. The third kappa shape index (κ3) is 4.01. The number of carbonyl (C=O) groups is 1. The van der Waals surface area contributed by atoms with Gasteiger partial charge in [-0.05, 0) is 48.1 Å². The average molecular weight is 425 g/mol. The molecule has 0 radical (unpaired) electrons. The first-order valence-corrected chi connectivity index (χ1v) is 10.2. The lowest BCUT2D eigenvalue weighted by Crippen LogP contribution is -2.36. The molecule has 7 nitrogen and oxygen atoms in total. The molecular formula is C22H24N4O3S. The summed E-state index contributed by atoms with van der Waals surface area (Å²) in [7, 11) is 3.40. The number of hydrogen-bond donors (Lipinski definition) is 1. The van der Waals surface area contributed by atoms with E-state index in [0.29, 0.717) is 27.8 Å². The van der Waals surface area contributed by atoms with Gasteiger partial charge < -0.3 is 19.5 Å². The normalized spacial score (nSPS) is 14.1. The number of ether oxygens (including phenoxy) is 1. The van der Waals surface area contributed by atoms with Crippen molar-refractivity contribution in [1.82, 2.24) is 14.5 Å². The Morgan fingerprint density at radius 3 is 2.57 bits per heavy atom. The van der Waals surface area contributed by atoms with Gasteiger partial charge in [0.05, 0.1) is 24.1 Å². The lowest BCUT2D eigenvalue weighted by molar-refractivity contribution is 0.0785. The fraction of sp³-hybridized carbons (Fsp3) is 0.318. The third-order valence-electron chi connectivity index (χ3n) is 5.43. The van der Waals surface area contributed by atoms with Gasteiger partial charge in [0.15, 0.2) is 4.77 Å². The number of fused-ring (bicyclic) bond motifs is 1. The summed E-state index contributed by atoms with van der Waals surface area (Å²) < 4.78 is 7.10. The van der Waals surface area contributed by atoms with Crippen LogP contribution in [0.15, 0.2) is 47.3 Å². The number of amides is 1. The van der Waals surface area contributed by atoms with E-state index in [2.05, 4.69) is 34.1 Å². The van der Waals surface area contributed by atoms with E-state index in [1.54, 1.807) is 37.2 Å². The predicted molar refractivity (Wildman–Crippen MR) is 120 cm³/mol. The second kappa shape index (κ2) is 8.41. The highest BCUT2D eigenvalue weighted by molar-refractivity contribution is 7.71. The predicted octanol–water partition coefficient (Wildman–Crippen LogP) is 2.70. The standard InChI is InChI=1S/C22H24N4O3S/c1-24(14-15-3-6-17(7-4-15)26-9-11-29-12-10-26)20(27)16-5-8-18-19(13-16)23-22(30)25(2)21(18)28/h3-8,13H,9-12,14H2,1-2H3,(H,23,30). The summed E-state index contributed by atoms with van der Waals surface area (Å²) in [6.45, 7) is 3.78. The molecule has 0 saturated carbocycles. The van der Waals surface area contributed by atoms with E-state index in [1.165, 1.54) is 10.3 Å². The highest BCUT2D eigenvalue weighted by atomic mass is 32.1. The summed E-state index contributed by atoms with van der Waals surface area (Å²) in [6.07, 6.45) is 0. The summed E-state index contributed by atoms with van der Waals surface area (Å²) in [5.74, 6) is -0.117. The zero-order valence-corrected chi connectivity index (χ0v) is 17.9. The summed E-state index contributed by atoms with van der Waals surface area (Å²) >= 11 is 5.17. The number of aromatic amines is 1. The number of aromatic nitrogens is 2. The summed E-state index contributed by atoms with van der Waals surface area (Å²) in [5, 5.41) is 0.504. The molecule has 30 heavy (non-hydrogen) atoms. The van der Waals surface area contributed by atoms with Crippen LogP contribution >= 0.6 is 12.2 Å². The maximum absolute atomic E-state index is 12.9. The fourth-order valence-corrected chi connectivity index (χ4v) is 3.83. The smallest absolute Gasteiger partial charge is 0.261 e. The number of H-pyrrole nitrogens is 1.